The fourth-order valence-electron chi connectivity index (χ4n) is 2.43. The maximum absolute atomic E-state index is 13.1. The second-order valence-electron chi connectivity index (χ2n) is 5.44. The molecule has 0 unspecified atom stereocenters. The van der Waals surface area contributed by atoms with Gasteiger partial charge in [0.05, 0.1) is 30.7 Å². The zero-order chi connectivity index (χ0) is 19.3. The fourth-order valence-corrected chi connectivity index (χ4v) is 2.43. The van der Waals surface area contributed by atoms with E-state index in [-0.39, 0.29) is 0 Å². The first kappa shape index (κ1) is 19.3. The molecule has 2 N–H and O–H groups in total. The summed E-state index contributed by atoms with van der Waals surface area (Å²) in [5.41, 5.74) is -1.21. The van der Waals surface area contributed by atoms with Crippen molar-refractivity contribution in [2.75, 3.05) is 7.11 Å². The van der Waals surface area contributed by atoms with Crippen LogP contribution in [0.1, 0.15) is 33.9 Å². The number of hydrogen-bond acceptors (Lipinski definition) is 3. The maximum Gasteiger partial charge on any atom is 0.417 e. The van der Waals surface area contributed by atoms with Crippen LogP contribution in [-0.2, 0) is 11.0 Å². The van der Waals surface area contributed by atoms with Gasteiger partial charge in [-0.3, -0.25) is 9.59 Å². The number of carbonyl (C=O) groups is 2. The molecule has 0 fully saturated rings. The number of aliphatic carboxylic acids is 1. The van der Waals surface area contributed by atoms with Crippen LogP contribution < -0.4 is 10.1 Å². The summed E-state index contributed by atoms with van der Waals surface area (Å²) in [6.07, 6.45) is -5.18. The molecule has 0 bridgehead atoms. The number of amides is 1. The molecule has 5 nitrogen and oxygen atoms in total. The minimum Gasteiger partial charge on any atom is -0.497 e. The van der Waals surface area contributed by atoms with E-state index in [4.69, 9.17) is 9.84 Å². The van der Waals surface area contributed by atoms with Gasteiger partial charge in [0.25, 0.3) is 5.91 Å². The Morgan fingerprint density at radius 2 is 1.73 bits per heavy atom. The number of alkyl halides is 3. The first-order chi connectivity index (χ1) is 12.2. The standard InChI is InChI=1S/C18H16F3NO4/c1-26-12-8-6-11(7-9-12)15(10-16(23)24)22-17(25)13-4-2-3-5-14(13)18(19,20)21/h2-9,15H,10H2,1H3,(H,22,25)(H,23,24)/t15-/m0/s1. The quantitative estimate of drug-likeness (QED) is 0.817. The van der Waals surface area contributed by atoms with E-state index in [1.807, 2.05) is 0 Å². The van der Waals surface area contributed by atoms with Crippen LogP contribution >= 0.6 is 0 Å². The third kappa shape index (κ3) is 4.75. The minimum absolute atomic E-state index is 0.436. The van der Waals surface area contributed by atoms with Crippen LogP contribution in [0.2, 0.25) is 0 Å². The maximum atomic E-state index is 13.1. The van der Waals surface area contributed by atoms with Crippen molar-refractivity contribution >= 4 is 11.9 Å². The van der Waals surface area contributed by atoms with Gasteiger partial charge < -0.3 is 15.2 Å². The molecule has 0 heterocycles. The van der Waals surface area contributed by atoms with Crippen molar-refractivity contribution in [2.24, 2.45) is 0 Å². The Kier molecular flexibility index (Phi) is 5.86. The molecule has 1 atom stereocenters. The number of halogens is 3. The smallest absolute Gasteiger partial charge is 0.417 e. The molecule has 2 aromatic rings. The average Bonchev–Trinajstić information content (AvgIpc) is 2.60. The molecular weight excluding hydrogens is 351 g/mol. The predicted molar refractivity (Wildman–Crippen MR) is 86.9 cm³/mol. The average molecular weight is 367 g/mol. The Morgan fingerprint density at radius 3 is 2.27 bits per heavy atom. The van der Waals surface area contributed by atoms with Gasteiger partial charge in [0.2, 0.25) is 0 Å². The molecule has 0 radical (unpaired) electrons. The molecule has 2 rings (SSSR count). The highest BCUT2D eigenvalue weighted by Gasteiger charge is 2.35. The lowest BCUT2D eigenvalue weighted by Gasteiger charge is -2.19. The van der Waals surface area contributed by atoms with Crippen LogP contribution in [0.5, 0.6) is 5.75 Å². The van der Waals surface area contributed by atoms with Crippen LogP contribution in [0.4, 0.5) is 13.2 Å². The van der Waals surface area contributed by atoms with Crippen LogP contribution in [0.3, 0.4) is 0 Å². The number of methoxy groups -OCH3 is 1. The molecule has 0 spiro atoms. The van der Waals surface area contributed by atoms with Crippen molar-refractivity contribution < 1.29 is 32.6 Å². The SMILES string of the molecule is COc1ccc([C@H](CC(=O)O)NC(=O)c2ccccc2C(F)(F)F)cc1. The molecule has 8 heteroatoms. The number of carbonyl (C=O) groups excluding carboxylic acids is 1. The lowest BCUT2D eigenvalue weighted by molar-refractivity contribution is -0.139. The van der Waals surface area contributed by atoms with Crippen molar-refractivity contribution in [3.8, 4) is 5.75 Å². The number of carboxylic acid groups (broad SMARTS) is 1. The summed E-state index contributed by atoms with van der Waals surface area (Å²) in [7, 11) is 1.46. The summed E-state index contributed by atoms with van der Waals surface area (Å²) in [6, 6.07) is 9.57. The number of carboxylic acids is 1. The van der Waals surface area contributed by atoms with Gasteiger partial charge >= 0.3 is 12.1 Å². The van der Waals surface area contributed by atoms with Gasteiger partial charge in [-0.15, -0.1) is 0 Å². The number of rotatable bonds is 6. The molecule has 138 valence electrons. The Labute approximate surface area is 147 Å². The van der Waals surface area contributed by atoms with Gasteiger partial charge in [-0.1, -0.05) is 24.3 Å². The molecule has 0 aliphatic heterocycles. The molecule has 0 aliphatic rings. The molecular formula is C18H16F3NO4. The highest BCUT2D eigenvalue weighted by Crippen LogP contribution is 2.32. The van der Waals surface area contributed by atoms with Crippen LogP contribution in [-0.4, -0.2) is 24.1 Å². The van der Waals surface area contributed by atoms with Crippen molar-refractivity contribution in [1.29, 1.82) is 0 Å². The van der Waals surface area contributed by atoms with E-state index in [9.17, 15) is 22.8 Å². The van der Waals surface area contributed by atoms with Crippen molar-refractivity contribution in [1.82, 2.24) is 5.32 Å². The summed E-state index contributed by atoms with van der Waals surface area (Å²) in [6.45, 7) is 0. The van der Waals surface area contributed by atoms with Gasteiger partial charge in [-0.25, -0.2) is 0 Å². The van der Waals surface area contributed by atoms with Crippen LogP contribution in [0.25, 0.3) is 0 Å². The zero-order valence-corrected chi connectivity index (χ0v) is 13.7. The van der Waals surface area contributed by atoms with Gasteiger partial charge in [0.1, 0.15) is 5.75 Å². The van der Waals surface area contributed by atoms with E-state index in [0.717, 1.165) is 12.1 Å². The molecule has 26 heavy (non-hydrogen) atoms. The monoisotopic (exact) mass is 367 g/mol. The van der Waals surface area contributed by atoms with Crippen LogP contribution in [0, 0.1) is 0 Å². The molecule has 0 saturated carbocycles. The molecule has 1 amide bonds. The lowest BCUT2D eigenvalue weighted by Crippen LogP contribution is -2.31. The summed E-state index contributed by atoms with van der Waals surface area (Å²) in [4.78, 5) is 23.5. The second-order valence-corrected chi connectivity index (χ2v) is 5.44. The third-order valence-corrected chi connectivity index (χ3v) is 3.68. The van der Waals surface area contributed by atoms with Crippen molar-refractivity contribution in [2.45, 2.75) is 18.6 Å². The Morgan fingerprint density at radius 1 is 1.12 bits per heavy atom. The molecule has 0 aliphatic carbocycles. The third-order valence-electron chi connectivity index (χ3n) is 3.68. The van der Waals surface area contributed by atoms with E-state index >= 15 is 0 Å². The van der Waals surface area contributed by atoms with Gasteiger partial charge in [0.15, 0.2) is 0 Å². The van der Waals surface area contributed by atoms with Crippen molar-refractivity contribution in [3.05, 3.63) is 65.2 Å². The predicted octanol–water partition coefficient (Wildman–Crippen LogP) is 3.66. The Hall–Kier alpha value is -3.03. The molecule has 0 aromatic heterocycles. The number of benzene rings is 2. The Balaban J connectivity index is 2.31. The first-order valence-electron chi connectivity index (χ1n) is 7.55. The summed E-state index contributed by atoms with van der Waals surface area (Å²) < 4.78 is 44.2. The summed E-state index contributed by atoms with van der Waals surface area (Å²) in [5.74, 6) is -1.67. The topological polar surface area (TPSA) is 75.6 Å². The van der Waals surface area contributed by atoms with E-state index < -0.39 is 41.6 Å². The van der Waals surface area contributed by atoms with Crippen molar-refractivity contribution in [3.63, 3.8) is 0 Å². The largest absolute Gasteiger partial charge is 0.497 e. The Bertz CT molecular complexity index is 788. The van der Waals surface area contributed by atoms with Gasteiger partial charge in [-0.05, 0) is 29.8 Å². The second kappa shape index (κ2) is 7.90. The normalized spacial score (nSPS) is 12.3. The summed E-state index contributed by atoms with van der Waals surface area (Å²) >= 11 is 0. The van der Waals surface area contributed by atoms with Gasteiger partial charge in [-0.2, -0.15) is 13.2 Å². The highest BCUT2D eigenvalue weighted by molar-refractivity contribution is 5.96. The fraction of sp³-hybridized carbons (Fsp3) is 0.222. The highest BCUT2D eigenvalue weighted by atomic mass is 19.4. The van der Waals surface area contributed by atoms with E-state index in [0.29, 0.717) is 11.3 Å². The minimum atomic E-state index is -4.70. The van der Waals surface area contributed by atoms with E-state index in [2.05, 4.69) is 5.32 Å². The van der Waals surface area contributed by atoms with Gasteiger partial charge in [0, 0.05) is 0 Å². The van der Waals surface area contributed by atoms with E-state index in [1.54, 1.807) is 24.3 Å². The first-order valence-corrected chi connectivity index (χ1v) is 7.55. The lowest BCUT2D eigenvalue weighted by atomic mass is 10.0. The zero-order valence-electron chi connectivity index (χ0n) is 13.7. The molecule has 2 aromatic carbocycles. The van der Waals surface area contributed by atoms with E-state index in [1.165, 1.54) is 19.2 Å². The number of hydrogen-bond donors (Lipinski definition) is 2. The number of nitrogens with one attached hydrogen (secondary N) is 1. The molecule has 0 saturated heterocycles. The summed E-state index contributed by atoms with van der Waals surface area (Å²) in [5, 5.41) is 11.4. The number of ether oxygens (including phenoxy) is 1. The van der Waals surface area contributed by atoms with Crippen LogP contribution in [0.15, 0.2) is 48.5 Å².